The maximum Gasteiger partial charge on any atom is 0.191 e. The molecular formula is C22H37N5. The van der Waals surface area contributed by atoms with Crippen LogP contribution >= 0.6 is 0 Å². The average molecular weight is 372 g/mol. The smallest absolute Gasteiger partial charge is 0.191 e. The van der Waals surface area contributed by atoms with Gasteiger partial charge in [0.2, 0.25) is 0 Å². The summed E-state index contributed by atoms with van der Waals surface area (Å²) < 4.78 is 0. The summed E-state index contributed by atoms with van der Waals surface area (Å²) in [5.74, 6) is 1.72. The van der Waals surface area contributed by atoms with Crippen molar-refractivity contribution >= 4 is 5.96 Å². The second-order valence-corrected chi connectivity index (χ2v) is 8.10. The number of guanidine groups is 1. The van der Waals surface area contributed by atoms with Crippen LogP contribution in [0, 0.1) is 5.92 Å². The first-order valence-electron chi connectivity index (χ1n) is 10.7. The van der Waals surface area contributed by atoms with Gasteiger partial charge in [0.05, 0.1) is 0 Å². The van der Waals surface area contributed by atoms with Crippen LogP contribution in [0.15, 0.2) is 35.3 Å². The molecule has 2 aliphatic heterocycles. The fraction of sp³-hybridized carbons (Fsp3) is 0.682. The molecule has 5 heteroatoms. The molecule has 150 valence electrons. The largest absolute Gasteiger partial charge is 0.357 e. The molecule has 2 aliphatic rings. The Morgan fingerprint density at radius 2 is 1.85 bits per heavy atom. The Kier molecular flexibility index (Phi) is 7.96. The van der Waals surface area contributed by atoms with Gasteiger partial charge in [-0.3, -0.25) is 9.89 Å². The van der Waals surface area contributed by atoms with Gasteiger partial charge in [0.25, 0.3) is 0 Å². The Hall–Kier alpha value is -1.59. The fourth-order valence-corrected chi connectivity index (χ4v) is 4.17. The molecule has 3 rings (SSSR count). The maximum atomic E-state index is 4.89. The van der Waals surface area contributed by atoms with Crippen molar-refractivity contribution in [2.45, 2.75) is 45.2 Å². The number of nitrogens with one attached hydrogen (secondary N) is 2. The van der Waals surface area contributed by atoms with Crippen LogP contribution < -0.4 is 10.6 Å². The van der Waals surface area contributed by atoms with Crippen LogP contribution in [-0.4, -0.2) is 68.1 Å². The summed E-state index contributed by atoms with van der Waals surface area (Å²) in [4.78, 5) is 9.93. The van der Waals surface area contributed by atoms with Gasteiger partial charge >= 0.3 is 0 Å². The molecule has 0 aliphatic carbocycles. The number of hydrogen-bond acceptors (Lipinski definition) is 3. The summed E-state index contributed by atoms with van der Waals surface area (Å²) in [5.41, 5.74) is 1.41. The molecule has 1 unspecified atom stereocenters. The lowest BCUT2D eigenvalue weighted by Crippen LogP contribution is -2.45. The molecule has 2 heterocycles. The van der Waals surface area contributed by atoms with Crippen molar-refractivity contribution in [3.05, 3.63) is 35.9 Å². The molecule has 0 saturated carbocycles. The van der Waals surface area contributed by atoms with Gasteiger partial charge in [-0.15, -0.1) is 0 Å². The van der Waals surface area contributed by atoms with Gasteiger partial charge in [-0.05, 0) is 70.8 Å². The number of piperidine rings is 1. The van der Waals surface area contributed by atoms with E-state index in [-0.39, 0.29) is 0 Å². The van der Waals surface area contributed by atoms with Crippen LogP contribution in [0.3, 0.4) is 0 Å². The molecule has 2 saturated heterocycles. The SMILES string of the molecule is CCNC(=NCC1CCN(C)CC1)NCC1CCCN1Cc1ccccc1. The first-order chi connectivity index (χ1) is 13.2. The highest BCUT2D eigenvalue weighted by Gasteiger charge is 2.24. The zero-order valence-corrected chi connectivity index (χ0v) is 17.2. The average Bonchev–Trinajstić information content (AvgIpc) is 3.13. The third kappa shape index (κ3) is 6.51. The van der Waals surface area contributed by atoms with E-state index in [2.05, 4.69) is 64.7 Å². The second kappa shape index (κ2) is 10.7. The highest BCUT2D eigenvalue weighted by atomic mass is 15.2. The standard InChI is InChI=1S/C22H37N5/c1-3-23-22(24-16-19-11-14-26(2)15-12-19)25-17-21-10-7-13-27(21)18-20-8-5-4-6-9-20/h4-6,8-9,19,21H,3,7,10-18H2,1-2H3,(H2,23,24,25). The van der Waals surface area contributed by atoms with Crippen molar-refractivity contribution in [2.75, 3.05) is 46.3 Å². The Bertz CT molecular complexity index is 565. The molecule has 0 aromatic heterocycles. The van der Waals surface area contributed by atoms with Gasteiger partial charge in [-0.1, -0.05) is 30.3 Å². The minimum Gasteiger partial charge on any atom is -0.357 e. The van der Waals surface area contributed by atoms with E-state index in [0.717, 1.165) is 38.1 Å². The maximum absolute atomic E-state index is 4.89. The van der Waals surface area contributed by atoms with Crippen molar-refractivity contribution < 1.29 is 0 Å². The van der Waals surface area contributed by atoms with Crippen LogP contribution in [0.5, 0.6) is 0 Å². The van der Waals surface area contributed by atoms with Crippen molar-refractivity contribution in [2.24, 2.45) is 10.9 Å². The van der Waals surface area contributed by atoms with Crippen LogP contribution in [0.1, 0.15) is 38.2 Å². The highest BCUT2D eigenvalue weighted by Crippen LogP contribution is 2.19. The van der Waals surface area contributed by atoms with Gasteiger partial charge in [-0.25, -0.2) is 0 Å². The topological polar surface area (TPSA) is 42.9 Å². The molecule has 2 N–H and O–H groups in total. The summed E-state index contributed by atoms with van der Waals surface area (Å²) in [6.45, 7) is 9.65. The van der Waals surface area contributed by atoms with E-state index in [9.17, 15) is 0 Å². The van der Waals surface area contributed by atoms with Gasteiger partial charge in [0.15, 0.2) is 5.96 Å². The lowest BCUT2D eigenvalue weighted by Gasteiger charge is -2.28. The van der Waals surface area contributed by atoms with E-state index >= 15 is 0 Å². The second-order valence-electron chi connectivity index (χ2n) is 8.10. The lowest BCUT2D eigenvalue weighted by atomic mass is 9.97. The minimum absolute atomic E-state index is 0.595. The van der Waals surface area contributed by atoms with Crippen molar-refractivity contribution in [1.29, 1.82) is 0 Å². The minimum atomic E-state index is 0.595. The Morgan fingerprint density at radius 3 is 2.59 bits per heavy atom. The van der Waals surface area contributed by atoms with Crippen molar-refractivity contribution in [3.63, 3.8) is 0 Å². The number of aliphatic imine (C=N–C) groups is 1. The zero-order valence-electron chi connectivity index (χ0n) is 17.2. The molecule has 1 aromatic rings. The molecule has 5 nitrogen and oxygen atoms in total. The lowest BCUT2D eigenvalue weighted by molar-refractivity contribution is 0.223. The summed E-state index contributed by atoms with van der Waals surface area (Å²) in [6.07, 6.45) is 5.11. The van der Waals surface area contributed by atoms with Crippen LogP contribution in [0.4, 0.5) is 0 Å². The summed E-state index contributed by atoms with van der Waals surface area (Å²) in [6, 6.07) is 11.4. The fourth-order valence-electron chi connectivity index (χ4n) is 4.17. The molecular weight excluding hydrogens is 334 g/mol. The molecule has 0 bridgehead atoms. The van der Waals surface area contributed by atoms with E-state index in [0.29, 0.717) is 6.04 Å². The van der Waals surface area contributed by atoms with Crippen LogP contribution in [-0.2, 0) is 6.54 Å². The number of rotatable bonds is 7. The highest BCUT2D eigenvalue weighted by molar-refractivity contribution is 5.79. The monoisotopic (exact) mass is 371 g/mol. The third-order valence-corrected chi connectivity index (χ3v) is 5.92. The predicted molar refractivity (Wildman–Crippen MR) is 114 cm³/mol. The number of nitrogens with zero attached hydrogens (tertiary/aromatic N) is 3. The Morgan fingerprint density at radius 1 is 1.07 bits per heavy atom. The summed E-state index contributed by atoms with van der Waals surface area (Å²) in [5, 5.41) is 7.04. The first kappa shape index (κ1) is 20.2. The van der Waals surface area contributed by atoms with E-state index in [1.807, 2.05) is 0 Å². The molecule has 0 spiro atoms. The van der Waals surface area contributed by atoms with E-state index in [1.165, 1.54) is 50.9 Å². The summed E-state index contributed by atoms with van der Waals surface area (Å²) >= 11 is 0. The van der Waals surface area contributed by atoms with Gasteiger partial charge in [0, 0.05) is 32.2 Å². The van der Waals surface area contributed by atoms with Crippen LogP contribution in [0.2, 0.25) is 0 Å². The van der Waals surface area contributed by atoms with Gasteiger partial charge < -0.3 is 15.5 Å². The molecule has 1 aromatic carbocycles. The molecule has 1 atom stereocenters. The van der Waals surface area contributed by atoms with Crippen LogP contribution in [0.25, 0.3) is 0 Å². The van der Waals surface area contributed by atoms with Gasteiger partial charge in [0.1, 0.15) is 0 Å². The molecule has 2 fully saturated rings. The van der Waals surface area contributed by atoms with E-state index in [1.54, 1.807) is 0 Å². The normalized spacial score (nSPS) is 22.9. The Balaban J connectivity index is 1.48. The van der Waals surface area contributed by atoms with E-state index in [4.69, 9.17) is 4.99 Å². The molecule has 0 radical (unpaired) electrons. The van der Waals surface area contributed by atoms with Crippen molar-refractivity contribution in [3.8, 4) is 0 Å². The molecule has 27 heavy (non-hydrogen) atoms. The number of hydrogen-bond donors (Lipinski definition) is 2. The Labute approximate surface area is 165 Å². The number of benzene rings is 1. The van der Waals surface area contributed by atoms with Gasteiger partial charge in [-0.2, -0.15) is 0 Å². The van der Waals surface area contributed by atoms with E-state index < -0.39 is 0 Å². The quantitative estimate of drug-likeness (QED) is 0.571. The number of likely N-dealkylation sites (tertiary alicyclic amines) is 2. The zero-order chi connectivity index (χ0) is 18.9. The predicted octanol–water partition coefficient (Wildman–Crippen LogP) is 2.55. The third-order valence-electron chi connectivity index (χ3n) is 5.92. The summed E-state index contributed by atoms with van der Waals surface area (Å²) in [7, 11) is 2.22. The van der Waals surface area contributed by atoms with Crippen molar-refractivity contribution in [1.82, 2.24) is 20.4 Å². The molecule has 0 amide bonds. The first-order valence-corrected chi connectivity index (χ1v) is 10.7.